The molecule has 2 rings (SSSR count). The molecular weight excluding hydrogens is 293 g/mol. The fraction of sp³-hybridized carbons (Fsp3) is 0.250. The summed E-state index contributed by atoms with van der Waals surface area (Å²) < 4.78 is 5.73. The molecule has 0 aliphatic heterocycles. The highest BCUT2D eigenvalue weighted by Crippen LogP contribution is 2.31. The van der Waals surface area contributed by atoms with Crippen molar-refractivity contribution >= 4 is 23.2 Å². The molecule has 0 bridgehead atoms. The summed E-state index contributed by atoms with van der Waals surface area (Å²) in [5.41, 5.74) is 1.21. The zero-order valence-electron chi connectivity index (χ0n) is 11.5. The molecule has 0 heterocycles. The smallest absolute Gasteiger partial charge is 0.147 e. The van der Waals surface area contributed by atoms with E-state index in [1.54, 1.807) is 18.2 Å². The van der Waals surface area contributed by atoms with Crippen LogP contribution in [0.25, 0.3) is 0 Å². The minimum atomic E-state index is 0.469. The Balaban J connectivity index is 2.05. The lowest BCUT2D eigenvalue weighted by Gasteiger charge is -2.10. The summed E-state index contributed by atoms with van der Waals surface area (Å²) in [5.74, 6) is 1.30. The molecule has 0 aliphatic carbocycles. The minimum absolute atomic E-state index is 0.469. The molecule has 0 radical (unpaired) electrons. The lowest BCUT2D eigenvalue weighted by Crippen LogP contribution is -2.21. The number of benzene rings is 2. The van der Waals surface area contributed by atoms with Gasteiger partial charge in [-0.15, -0.1) is 0 Å². The van der Waals surface area contributed by atoms with E-state index in [-0.39, 0.29) is 0 Å². The van der Waals surface area contributed by atoms with E-state index in [9.17, 15) is 0 Å². The van der Waals surface area contributed by atoms with E-state index in [1.165, 1.54) is 5.56 Å². The Kier molecular flexibility index (Phi) is 5.30. The second-order valence-electron chi connectivity index (χ2n) is 4.86. The summed E-state index contributed by atoms with van der Waals surface area (Å²) in [7, 11) is 0. The van der Waals surface area contributed by atoms with Crippen molar-refractivity contribution in [2.45, 2.75) is 26.4 Å². The van der Waals surface area contributed by atoms with Crippen molar-refractivity contribution in [3.8, 4) is 11.5 Å². The second kappa shape index (κ2) is 6.98. The van der Waals surface area contributed by atoms with Crippen LogP contribution in [0, 0.1) is 0 Å². The average Bonchev–Trinajstić information content (AvgIpc) is 2.42. The van der Waals surface area contributed by atoms with Crippen LogP contribution in [0.1, 0.15) is 19.4 Å². The second-order valence-corrected chi connectivity index (χ2v) is 5.70. The molecule has 0 fully saturated rings. The van der Waals surface area contributed by atoms with Crippen LogP contribution in [0.4, 0.5) is 0 Å². The lowest BCUT2D eigenvalue weighted by atomic mass is 10.2. The summed E-state index contributed by atoms with van der Waals surface area (Å²) in [6, 6.07) is 13.5. The highest BCUT2D eigenvalue weighted by atomic mass is 35.5. The van der Waals surface area contributed by atoms with E-state index < -0.39 is 0 Å². The van der Waals surface area contributed by atoms with E-state index >= 15 is 0 Å². The topological polar surface area (TPSA) is 21.3 Å². The highest BCUT2D eigenvalue weighted by Gasteiger charge is 2.04. The molecule has 0 aliphatic rings. The summed E-state index contributed by atoms with van der Waals surface area (Å²) in [6.07, 6.45) is 0. The van der Waals surface area contributed by atoms with Crippen LogP contribution >= 0.6 is 23.2 Å². The first-order valence-corrected chi connectivity index (χ1v) is 7.25. The molecule has 0 saturated heterocycles. The van der Waals surface area contributed by atoms with Crippen LogP contribution in [-0.2, 0) is 6.54 Å². The fourth-order valence-electron chi connectivity index (χ4n) is 1.68. The molecule has 0 saturated carbocycles. The first-order chi connectivity index (χ1) is 9.54. The van der Waals surface area contributed by atoms with E-state index in [0.29, 0.717) is 21.8 Å². The van der Waals surface area contributed by atoms with Crippen LogP contribution < -0.4 is 10.1 Å². The lowest BCUT2D eigenvalue weighted by molar-refractivity contribution is 0.482. The van der Waals surface area contributed by atoms with E-state index in [4.69, 9.17) is 27.9 Å². The third-order valence-corrected chi connectivity index (χ3v) is 3.31. The quantitative estimate of drug-likeness (QED) is 0.811. The number of ether oxygens (including phenoxy) is 1. The minimum Gasteiger partial charge on any atom is -0.456 e. The zero-order chi connectivity index (χ0) is 14.5. The van der Waals surface area contributed by atoms with Crippen molar-refractivity contribution in [3.63, 3.8) is 0 Å². The summed E-state index contributed by atoms with van der Waals surface area (Å²) in [5, 5.41) is 4.51. The Hall–Kier alpha value is -1.22. The van der Waals surface area contributed by atoms with Crippen molar-refractivity contribution < 1.29 is 4.74 Å². The van der Waals surface area contributed by atoms with Gasteiger partial charge >= 0.3 is 0 Å². The van der Waals surface area contributed by atoms with Gasteiger partial charge in [0.1, 0.15) is 11.5 Å². The molecule has 0 aromatic heterocycles. The molecule has 106 valence electrons. The van der Waals surface area contributed by atoms with Gasteiger partial charge in [-0.25, -0.2) is 0 Å². The predicted octanol–water partition coefficient (Wildman–Crippen LogP) is 5.28. The monoisotopic (exact) mass is 309 g/mol. The van der Waals surface area contributed by atoms with E-state index in [0.717, 1.165) is 12.3 Å². The van der Waals surface area contributed by atoms with E-state index in [1.807, 2.05) is 24.3 Å². The molecule has 0 atom stereocenters. The maximum Gasteiger partial charge on any atom is 0.147 e. The first kappa shape index (κ1) is 15.2. The van der Waals surface area contributed by atoms with Crippen LogP contribution in [0.3, 0.4) is 0 Å². The van der Waals surface area contributed by atoms with Crippen molar-refractivity contribution in [1.29, 1.82) is 0 Å². The molecule has 2 nitrogen and oxygen atoms in total. The van der Waals surface area contributed by atoms with Crippen molar-refractivity contribution in [1.82, 2.24) is 5.32 Å². The Morgan fingerprint density at radius 3 is 2.40 bits per heavy atom. The first-order valence-electron chi connectivity index (χ1n) is 6.50. The Bertz CT molecular complexity index is 567. The van der Waals surface area contributed by atoms with Crippen LogP contribution in [-0.4, -0.2) is 6.04 Å². The van der Waals surface area contributed by atoms with Crippen molar-refractivity contribution in [2.24, 2.45) is 0 Å². The Labute approximate surface area is 129 Å². The van der Waals surface area contributed by atoms with Crippen LogP contribution in [0.2, 0.25) is 10.0 Å². The van der Waals surface area contributed by atoms with Crippen molar-refractivity contribution in [3.05, 3.63) is 58.1 Å². The maximum absolute atomic E-state index is 6.07. The molecule has 20 heavy (non-hydrogen) atoms. The number of halogens is 2. The van der Waals surface area contributed by atoms with Crippen LogP contribution in [0.5, 0.6) is 11.5 Å². The largest absolute Gasteiger partial charge is 0.456 e. The summed E-state index contributed by atoms with van der Waals surface area (Å²) in [4.78, 5) is 0. The van der Waals surface area contributed by atoms with Crippen molar-refractivity contribution in [2.75, 3.05) is 0 Å². The van der Waals surface area contributed by atoms with Gasteiger partial charge in [-0.2, -0.15) is 0 Å². The van der Waals surface area contributed by atoms with Gasteiger partial charge < -0.3 is 10.1 Å². The molecule has 0 amide bonds. The normalized spacial score (nSPS) is 10.8. The van der Waals surface area contributed by atoms with Gasteiger partial charge in [-0.1, -0.05) is 49.2 Å². The molecule has 4 heteroatoms. The van der Waals surface area contributed by atoms with Gasteiger partial charge in [0.2, 0.25) is 0 Å². The average molecular weight is 310 g/mol. The SMILES string of the molecule is CC(C)NCc1ccc(Oc2cc(Cl)ccc2Cl)cc1. The summed E-state index contributed by atoms with van der Waals surface area (Å²) in [6.45, 7) is 5.09. The van der Waals surface area contributed by atoms with Gasteiger partial charge in [0.25, 0.3) is 0 Å². The van der Waals surface area contributed by atoms with Gasteiger partial charge in [-0.3, -0.25) is 0 Å². The number of hydrogen-bond donors (Lipinski definition) is 1. The van der Waals surface area contributed by atoms with E-state index in [2.05, 4.69) is 19.2 Å². The summed E-state index contributed by atoms with van der Waals surface area (Å²) >= 11 is 12.0. The molecular formula is C16H17Cl2NO. The third kappa shape index (κ3) is 4.41. The molecule has 1 N–H and O–H groups in total. The zero-order valence-corrected chi connectivity index (χ0v) is 13.0. The van der Waals surface area contributed by atoms with Gasteiger partial charge in [0, 0.05) is 23.7 Å². The molecule has 2 aromatic rings. The fourth-order valence-corrected chi connectivity index (χ4v) is 2.00. The third-order valence-electron chi connectivity index (χ3n) is 2.76. The van der Waals surface area contributed by atoms with Gasteiger partial charge in [0.15, 0.2) is 0 Å². The number of rotatable bonds is 5. The maximum atomic E-state index is 6.07. The highest BCUT2D eigenvalue weighted by molar-refractivity contribution is 6.34. The molecule has 0 spiro atoms. The Morgan fingerprint density at radius 2 is 1.75 bits per heavy atom. The predicted molar refractivity (Wildman–Crippen MR) is 85.0 cm³/mol. The van der Waals surface area contributed by atoms with Crippen LogP contribution in [0.15, 0.2) is 42.5 Å². The van der Waals surface area contributed by atoms with Gasteiger partial charge in [-0.05, 0) is 29.8 Å². The number of hydrogen-bond acceptors (Lipinski definition) is 2. The Morgan fingerprint density at radius 1 is 1.05 bits per heavy atom. The van der Waals surface area contributed by atoms with Gasteiger partial charge in [0.05, 0.1) is 5.02 Å². The molecule has 0 unspecified atom stereocenters. The number of nitrogens with one attached hydrogen (secondary N) is 1. The standard InChI is InChI=1S/C16H17Cl2NO/c1-11(2)19-10-12-3-6-14(7-4-12)20-16-9-13(17)5-8-15(16)18/h3-9,11,19H,10H2,1-2H3. The molecule has 2 aromatic carbocycles.